The number of allylic oxidation sites excluding steroid dienone is 2. The normalized spacial score (nSPS) is 24.1. The van der Waals surface area contributed by atoms with Crippen LogP contribution in [0.25, 0.3) is 0 Å². The molecule has 0 aromatic rings. The zero-order chi connectivity index (χ0) is 11.4. The van der Waals surface area contributed by atoms with Crippen LogP contribution in [-0.4, -0.2) is 11.7 Å². The van der Waals surface area contributed by atoms with E-state index in [1.165, 1.54) is 5.57 Å². The van der Waals surface area contributed by atoms with Crippen LogP contribution in [0.2, 0.25) is 0 Å². The predicted octanol–water partition coefficient (Wildman–Crippen LogP) is 2.02. The van der Waals surface area contributed by atoms with Crippen LogP contribution in [0, 0.1) is 11.8 Å². The van der Waals surface area contributed by atoms with E-state index in [4.69, 9.17) is 5.73 Å². The first-order valence-electron chi connectivity index (χ1n) is 5.31. The van der Waals surface area contributed by atoms with E-state index in [2.05, 4.69) is 31.3 Å². The van der Waals surface area contributed by atoms with Crippen molar-refractivity contribution < 1.29 is 4.79 Å². The summed E-state index contributed by atoms with van der Waals surface area (Å²) in [6.07, 6.45) is 4.25. The van der Waals surface area contributed by atoms with E-state index in [1.807, 2.05) is 6.08 Å². The second kappa shape index (κ2) is 4.96. The van der Waals surface area contributed by atoms with E-state index < -0.39 is 6.03 Å². The minimum atomic E-state index is -0.610. The third-order valence-electron chi connectivity index (χ3n) is 2.72. The Morgan fingerprint density at radius 3 is 2.87 bits per heavy atom. The number of nitrogens with zero attached hydrogens (tertiary/aromatic N) is 1. The second-order valence-electron chi connectivity index (χ2n) is 4.39. The Morgan fingerprint density at radius 1 is 1.67 bits per heavy atom. The van der Waals surface area contributed by atoms with Gasteiger partial charge in [0.25, 0.3) is 0 Å². The lowest BCUT2D eigenvalue weighted by molar-refractivity contribution is 0.249. The largest absolute Gasteiger partial charge is 0.350 e. The van der Waals surface area contributed by atoms with Crippen molar-refractivity contribution in [2.75, 3.05) is 0 Å². The fourth-order valence-electron chi connectivity index (χ4n) is 1.87. The zero-order valence-corrected chi connectivity index (χ0v) is 9.58. The van der Waals surface area contributed by atoms with Crippen molar-refractivity contribution in [3.8, 4) is 0 Å². The Labute approximate surface area is 90.6 Å². The van der Waals surface area contributed by atoms with E-state index in [0.717, 1.165) is 18.6 Å². The minimum absolute atomic E-state index is 0.417. The number of carbonyl (C=O) groups is 1. The molecule has 15 heavy (non-hydrogen) atoms. The van der Waals surface area contributed by atoms with Crippen LogP contribution in [0.5, 0.6) is 0 Å². The number of rotatable bonds is 2. The molecule has 0 heterocycles. The summed E-state index contributed by atoms with van der Waals surface area (Å²) in [4.78, 5) is 10.6. The highest BCUT2D eigenvalue weighted by Gasteiger charge is 2.22. The highest BCUT2D eigenvalue weighted by atomic mass is 16.2. The summed E-state index contributed by atoms with van der Waals surface area (Å²) < 4.78 is 0. The first-order valence-corrected chi connectivity index (χ1v) is 5.31. The molecule has 0 aromatic heterocycles. The van der Waals surface area contributed by atoms with Gasteiger partial charge in [-0.15, -0.1) is 0 Å². The maximum absolute atomic E-state index is 10.6. The molecule has 0 fully saturated rings. The van der Waals surface area contributed by atoms with Crippen LogP contribution in [0.3, 0.4) is 0 Å². The molecule has 2 amide bonds. The van der Waals surface area contributed by atoms with Gasteiger partial charge in [-0.3, -0.25) is 0 Å². The van der Waals surface area contributed by atoms with Gasteiger partial charge >= 0.3 is 6.03 Å². The van der Waals surface area contributed by atoms with Gasteiger partial charge in [0.05, 0.1) is 5.71 Å². The summed E-state index contributed by atoms with van der Waals surface area (Å²) >= 11 is 0. The summed E-state index contributed by atoms with van der Waals surface area (Å²) in [6.45, 7) is 6.41. The topological polar surface area (TPSA) is 67.5 Å². The fraction of sp³-hybridized carbons (Fsp3) is 0.636. The van der Waals surface area contributed by atoms with Gasteiger partial charge < -0.3 is 5.73 Å². The molecule has 3 N–H and O–H groups in total. The molecule has 4 heteroatoms. The molecule has 1 aliphatic carbocycles. The molecule has 4 nitrogen and oxygen atoms in total. The molecule has 0 bridgehead atoms. The van der Waals surface area contributed by atoms with E-state index in [9.17, 15) is 4.79 Å². The number of nitrogens with one attached hydrogen (secondary N) is 1. The van der Waals surface area contributed by atoms with Crippen LogP contribution in [-0.2, 0) is 0 Å². The molecule has 0 saturated heterocycles. The Kier molecular flexibility index (Phi) is 3.88. The van der Waals surface area contributed by atoms with Crippen molar-refractivity contribution in [2.24, 2.45) is 22.7 Å². The maximum Gasteiger partial charge on any atom is 0.332 e. The Balaban J connectivity index is 2.82. The number of primary amides is 1. The van der Waals surface area contributed by atoms with E-state index in [-0.39, 0.29) is 0 Å². The number of hydrazone groups is 1. The van der Waals surface area contributed by atoms with Crippen molar-refractivity contribution in [3.05, 3.63) is 11.6 Å². The maximum atomic E-state index is 10.6. The number of amides is 2. The monoisotopic (exact) mass is 209 g/mol. The van der Waals surface area contributed by atoms with Gasteiger partial charge in [-0.1, -0.05) is 19.4 Å². The van der Waals surface area contributed by atoms with Gasteiger partial charge in [-0.2, -0.15) is 5.10 Å². The third-order valence-corrected chi connectivity index (χ3v) is 2.72. The van der Waals surface area contributed by atoms with Gasteiger partial charge in [0.2, 0.25) is 0 Å². The van der Waals surface area contributed by atoms with Crippen molar-refractivity contribution in [2.45, 2.75) is 33.6 Å². The highest BCUT2D eigenvalue weighted by Crippen LogP contribution is 2.27. The summed E-state index contributed by atoms with van der Waals surface area (Å²) in [5.74, 6) is 0.948. The number of urea groups is 1. The van der Waals surface area contributed by atoms with Gasteiger partial charge in [0, 0.05) is 5.92 Å². The minimum Gasteiger partial charge on any atom is -0.350 e. The van der Waals surface area contributed by atoms with Crippen molar-refractivity contribution in [1.82, 2.24) is 5.43 Å². The molecule has 1 aliphatic rings. The van der Waals surface area contributed by atoms with Crippen molar-refractivity contribution >= 4 is 11.7 Å². The van der Waals surface area contributed by atoms with Crippen LogP contribution in [0.15, 0.2) is 16.8 Å². The Bertz CT molecular complexity index is 305. The highest BCUT2D eigenvalue weighted by molar-refractivity contribution is 5.98. The average molecular weight is 209 g/mol. The van der Waals surface area contributed by atoms with Gasteiger partial charge in [-0.05, 0) is 31.8 Å². The van der Waals surface area contributed by atoms with Crippen LogP contribution >= 0.6 is 0 Å². The molecule has 0 saturated carbocycles. The lowest BCUT2D eigenvalue weighted by Gasteiger charge is -2.25. The second-order valence-corrected chi connectivity index (χ2v) is 4.39. The first kappa shape index (κ1) is 11.8. The SMILES string of the molecule is CC1=C/C(=N\NC(N)=O)C(C(C)C)CC1. The van der Waals surface area contributed by atoms with Crippen molar-refractivity contribution in [3.63, 3.8) is 0 Å². The number of carbonyl (C=O) groups excluding carboxylic acids is 1. The fourth-order valence-corrected chi connectivity index (χ4v) is 1.87. The quantitative estimate of drug-likeness (QED) is 0.671. The molecule has 1 atom stereocenters. The molecular weight excluding hydrogens is 190 g/mol. The smallest absolute Gasteiger partial charge is 0.332 e. The standard InChI is InChI=1S/C11H19N3O/c1-7(2)9-5-4-8(3)6-10(9)13-14-11(12)15/h6-7,9H,4-5H2,1-3H3,(H3,12,14,15)/b13-10+. The predicted molar refractivity (Wildman–Crippen MR) is 61.5 cm³/mol. The summed E-state index contributed by atoms with van der Waals surface area (Å²) in [5, 5.41) is 4.05. The molecular formula is C11H19N3O. The average Bonchev–Trinajstić information content (AvgIpc) is 2.14. The van der Waals surface area contributed by atoms with Crippen LogP contribution in [0.1, 0.15) is 33.6 Å². The summed E-state index contributed by atoms with van der Waals surface area (Å²) in [5.41, 5.74) is 9.53. The number of hydrogen-bond donors (Lipinski definition) is 2. The third kappa shape index (κ3) is 3.38. The Hall–Kier alpha value is -1.32. The molecule has 0 aromatic carbocycles. The van der Waals surface area contributed by atoms with Crippen LogP contribution < -0.4 is 11.2 Å². The zero-order valence-electron chi connectivity index (χ0n) is 9.58. The van der Waals surface area contributed by atoms with Gasteiger partial charge in [0.1, 0.15) is 0 Å². The van der Waals surface area contributed by atoms with Crippen LogP contribution in [0.4, 0.5) is 4.79 Å². The van der Waals surface area contributed by atoms with E-state index in [0.29, 0.717) is 11.8 Å². The van der Waals surface area contributed by atoms with Gasteiger partial charge in [0.15, 0.2) is 0 Å². The number of hydrogen-bond acceptors (Lipinski definition) is 2. The van der Waals surface area contributed by atoms with Gasteiger partial charge in [-0.25, -0.2) is 10.2 Å². The van der Waals surface area contributed by atoms with Crippen molar-refractivity contribution in [1.29, 1.82) is 0 Å². The number of nitrogens with two attached hydrogens (primary N) is 1. The lowest BCUT2D eigenvalue weighted by Crippen LogP contribution is -2.29. The molecule has 0 aliphatic heterocycles. The molecule has 84 valence electrons. The summed E-state index contributed by atoms with van der Waals surface area (Å²) in [6, 6.07) is -0.610. The van der Waals surface area contributed by atoms with E-state index >= 15 is 0 Å². The summed E-state index contributed by atoms with van der Waals surface area (Å²) in [7, 11) is 0. The molecule has 0 radical (unpaired) electrons. The molecule has 0 spiro atoms. The first-order chi connectivity index (χ1) is 7.00. The Morgan fingerprint density at radius 2 is 2.33 bits per heavy atom. The lowest BCUT2D eigenvalue weighted by atomic mass is 9.81. The molecule has 1 rings (SSSR count). The van der Waals surface area contributed by atoms with E-state index in [1.54, 1.807) is 0 Å². The molecule has 1 unspecified atom stereocenters.